The predicted octanol–water partition coefficient (Wildman–Crippen LogP) is 16.0. The highest BCUT2D eigenvalue weighted by Gasteiger charge is 2.24. The van der Waals surface area contributed by atoms with Gasteiger partial charge in [0.25, 0.3) is 0 Å². The third-order valence-electron chi connectivity index (χ3n) is 12.4. The number of rotatable bonds is 3. The lowest BCUT2D eigenvalue weighted by atomic mass is 9.85. The summed E-state index contributed by atoms with van der Waals surface area (Å²) in [5, 5.41) is 12.0. The Morgan fingerprint density at radius 2 is 0.707 bits per heavy atom. The van der Waals surface area contributed by atoms with Crippen molar-refractivity contribution in [2.45, 2.75) is 0 Å². The van der Waals surface area contributed by atoms with Gasteiger partial charge in [0, 0.05) is 21.9 Å². The maximum atomic E-state index is 6.68. The van der Waals surface area contributed by atoms with E-state index in [4.69, 9.17) is 9.47 Å². The van der Waals surface area contributed by atoms with Crippen LogP contribution in [-0.2, 0) is 0 Å². The van der Waals surface area contributed by atoms with Crippen LogP contribution >= 0.6 is 0 Å². The quantitative estimate of drug-likeness (QED) is 0.168. The maximum absolute atomic E-state index is 6.68. The molecule has 2 heterocycles. The first-order chi connectivity index (χ1) is 28.7. The SMILES string of the molecule is c1ccc2cc(-c3c4cccc(-c5ccc6c(c5)Oc5cccc7cccc-6c57)c4cc4c(-c5ccc6c(c5)Oc5cccc7cccc-6c57)cccc34)ccc2c1. The maximum Gasteiger partial charge on any atom is 0.135 e. The third-order valence-corrected chi connectivity index (χ3v) is 12.4. The fourth-order valence-corrected chi connectivity index (χ4v) is 9.79. The average molecular weight is 737 g/mol. The van der Waals surface area contributed by atoms with Gasteiger partial charge in [-0.15, -0.1) is 0 Å². The van der Waals surface area contributed by atoms with Crippen molar-refractivity contribution in [2.24, 2.45) is 0 Å². The highest BCUT2D eigenvalue weighted by atomic mass is 16.5. The van der Waals surface area contributed by atoms with Crippen molar-refractivity contribution < 1.29 is 9.47 Å². The lowest BCUT2D eigenvalue weighted by Gasteiger charge is -2.23. The van der Waals surface area contributed by atoms with Gasteiger partial charge in [0.15, 0.2) is 0 Å². The Labute approximate surface area is 334 Å². The molecule has 2 aliphatic heterocycles. The molecule has 0 fully saturated rings. The summed E-state index contributed by atoms with van der Waals surface area (Å²) < 4.78 is 13.4. The molecule has 2 heteroatoms. The summed E-state index contributed by atoms with van der Waals surface area (Å²) in [5.74, 6) is 3.56. The molecule has 0 spiro atoms. The van der Waals surface area contributed by atoms with Gasteiger partial charge in [-0.05, 0) is 136 Å². The molecule has 0 unspecified atom stereocenters. The van der Waals surface area contributed by atoms with Gasteiger partial charge < -0.3 is 9.47 Å². The molecular weight excluding hydrogens is 705 g/mol. The van der Waals surface area contributed by atoms with Crippen LogP contribution in [0.25, 0.3) is 109 Å². The molecule has 0 atom stereocenters. The molecule has 0 radical (unpaired) electrons. The molecule has 0 bridgehead atoms. The van der Waals surface area contributed by atoms with Gasteiger partial charge in [-0.2, -0.15) is 0 Å². The van der Waals surface area contributed by atoms with E-state index in [1.807, 2.05) is 0 Å². The van der Waals surface area contributed by atoms with Crippen molar-refractivity contribution in [3.8, 4) is 78.6 Å². The molecule has 11 aromatic rings. The summed E-state index contributed by atoms with van der Waals surface area (Å²) >= 11 is 0. The van der Waals surface area contributed by atoms with E-state index in [0.717, 1.165) is 56.4 Å². The molecule has 0 amide bonds. The van der Waals surface area contributed by atoms with Gasteiger partial charge in [0.2, 0.25) is 0 Å². The highest BCUT2D eigenvalue weighted by Crippen LogP contribution is 2.51. The van der Waals surface area contributed by atoms with E-state index in [-0.39, 0.29) is 0 Å². The Bertz CT molecular complexity index is 3370. The van der Waals surface area contributed by atoms with E-state index in [1.54, 1.807) is 0 Å². The Kier molecular flexibility index (Phi) is 6.47. The molecule has 0 aromatic heterocycles. The Balaban J connectivity index is 1.05. The molecule has 0 N–H and O–H groups in total. The van der Waals surface area contributed by atoms with E-state index in [0.29, 0.717) is 0 Å². The number of fused-ring (bicyclic) bond motifs is 7. The van der Waals surface area contributed by atoms with Gasteiger partial charge in [-0.25, -0.2) is 0 Å². The minimum Gasteiger partial charge on any atom is -0.456 e. The van der Waals surface area contributed by atoms with Gasteiger partial charge in [0.05, 0.1) is 0 Å². The van der Waals surface area contributed by atoms with Crippen LogP contribution < -0.4 is 9.47 Å². The Morgan fingerprint density at radius 1 is 0.241 bits per heavy atom. The zero-order valence-corrected chi connectivity index (χ0v) is 31.3. The zero-order chi connectivity index (χ0) is 37.9. The van der Waals surface area contributed by atoms with Gasteiger partial charge in [-0.3, -0.25) is 0 Å². The van der Waals surface area contributed by atoms with Gasteiger partial charge >= 0.3 is 0 Å². The van der Waals surface area contributed by atoms with Gasteiger partial charge in [0.1, 0.15) is 23.0 Å². The van der Waals surface area contributed by atoms with Crippen LogP contribution in [0.2, 0.25) is 0 Å². The molecular formula is C56H32O2. The molecule has 11 aromatic carbocycles. The van der Waals surface area contributed by atoms with Crippen LogP contribution in [-0.4, -0.2) is 0 Å². The van der Waals surface area contributed by atoms with Crippen LogP contribution in [0.5, 0.6) is 23.0 Å². The molecule has 58 heavy (non-hydrogen) atoms. The fourth-order valence-electron chi connectivity index (χ4n) is 9.79. The second kappa shape index (κ2) is 11.9. The Hall–Kier alpha value is -7.68. The predicted molar refractivity (Wildman–Crippen MR) is 241 cm³/mol. The summed E-state index contributed by atoms with van der Waals surface area (Å²) in [4.78, 5) is 0. The second-order valence-corrected chi connectivity index (χ2v) is 15.6. The van der Waals surface area contributed by atoms with E-state index in [1.165, 1.54) is 76.1 Å². The van der Waals surface area contributed by atoms with E-state index >= 15 is 0 Å². The summed E-state index contributed by atoms with van der Waals surface area (Å²) in [6, 6.07) is 70.5. The largest absolute Gasteiger partial charge is 0.456 e. The summed E-state index contributed by atoms with van der Waals surface area (Å²) in [5.41, 5.74) is 11.6. The van der Waals surface area contributed by atoms with Crippen molar-refractivity contribution >= 4 is 53.9 Å². The standard InChI is InChI=1S/C56H32O2/c1-2-10-36-29-39(24-23-33(36)9-1)54-46-19-7-15-40(37-25-27-42-44-17-3-11-34-13-5-21-50(55(34)44)57-52(42)30-37)48(46)32-49-41(16-8-20-47(49)54)38-26-28-43-45-18-4-12-35-14-6-22-51(56(35)45)58-53(43)31-38/h1-32H. The van der Waals surface area contributed by atoms with E-state index in [2.05, 4.69) is 194 Å². The summed E-state index contributed by atoms with van der Waals surface area (Å²) in [6.07, 6.45) is 0. The molecule has 0 saturated carbocycles. The first-order valence-electron chi connectivity index (χ1n) is 19.9. The normalized spacial score (nSPS) is 12.4. The topological polar surface area (TPSA) is 18.5 Å². The monoisotopic (exact) mass is 736 g/mol. The van der Waals surface area contributed by atoms with E-state index in [9.17, 15) is 0 Å². The average Bonchev–Trinajstić information content (AvgIpc) is 3.27. The van der Waals surface area contributed by atoms with Crippen LogP contribution in [0.3, 0.4) is 0 Å². The van der Waals surface area contributed by atoms with Crippen LogP contribution in [0.1, 0.15) is 0 Å². The molecule has 0 aliphatic carbocycles. The molecule has 268 valence electrons. The van der Waals surface area contributed by atoms with Crippen molar-refractivity contribution in [1.29, 1.82) is 0 Å². The van der Waals surface area contributed by atoms with Crippen molar-refractivity contribution in [1.82, 2.24) is 0 Å². The molecule has 2 nitrogen and oxygen atoms in total. The molecule has 0 saturated heterocycles. The smallest absolute Gasteiger partial charge is 0.135 e. The number of hydrogen-bond donors (Lipinski definition) is 0. The zero-order valence-electron chi connectivity index (χ0n) is 31.3. The minimum atomic E-state index is 0.878. The van der Waals surface area contributed by atoms with Crippen molar-refractivity contribution in [3.63, 3.8) is 0 Å². The number of ether oxygens (including phenoxy) is 2. The lowest BCUT2D eigenvalue weighted by Crippen LogP contribution is -1.98. The van der Waals surface area contributed by atoms with Crippen LogP contribution in [0, 0.1) is 0 Å². The minimum absolute atomic E-state index is 0.878. The van der Waals surface area contributed by atoms with Gasteiger partial charge in [-0.1, -0.05) is 146 Å². The van der Waals surface area contributed by atoms with Crippen molar-refractivity contribution in [3.05, 3.63) is 194 Å². The molecule has 2 aliphatic rings. The highest BCUT2D eigenvalue weighted by molar-refractivity contribution is 6.20. The van der Waals surface area contributed by atoms with Crippen molar-refractivity contribution in [2.75, 3.05) is 0 Å². The number of hydrogen-bond acceptors (Lipinski definition) is 2. The Morgan fingerprint density at radius 3 is 1.28 bits per heavy atom. The summed E-state index contributed by atoms with van der Waals surface area (Å²) in [6.45, 7) is 0. The third kappa shape index (κ3) is 4.54. The first-order valence-corrected chi connectivity index (χ1v) is 19.9. The van der Waals surface area contributed by atoms with Crippen LogP contribution in [0.4, 0.5) is 0 Å². The second-order valence-electron chi connectivity index (χ2n) is 15.6. The number of benzene rings is 11. The van der Waals surface area contributed by atoms with Crippen LogP contribution in [0.15, 0.2) is 194 Å². The lowest BCUT2D eigenvalue weighted by molar-refractivity contribution is 0.487. The first kappa shape index (κ1) is 31.5. The molecule has 13 rings (SSSR count). The van der Waals surface area contributed by atoms with E-state index < -0.39 is 0 Å². The summed E-state index contributed by atoms with van der Waals surface area (Å²) in [7, 11) is 0. The fraction of sp³-hybridized carbons (Fsp3) is 0.